The number of imidazole rings is 1. The molecule has 0 amide bonds. The van der Waals surface area contributed by atoms with Gasteiger partial charge in [0.25, 0.3) is 0 Å². The molecular weight excluding hydrogens is 322 g/mol. The molecule has 2 heterocycles. The first-order valence-electron chi connectivity index (χ1n) is 9.55. The second-order valence-corrected chi connectivity index (χ2v) is 7.09. The fourth-order valence-electron chi connectivity index (χ4n) is 4.06. The number of aromatic nitrogens is 2. The molecular formula is C21H27N5. The molecule has 0 unspecified atom stereocenters. The molecule has 5 heteroatoms. The largest absolute Gasteiger partial charge is 0.397 e. The number of hydrogen-bond donors (Lipinski definition) is 2. The van der Waals surface area contributed by atoms with E-state index < -0.39 is 0 Å². The molecule has 1 aliphatic heterocycles. The molecule has 1 saturated heterocycles. The van der Waals surface area contributed by atoms with Crippen molar-refractivity contribution in [3.63, 3.8) is 0 Å². The molecule has 26 heavy (non-hydrogen) atoms. The van der Waals surface area contributed by atoms with Crippen LogP contribution in [0.1, 0.15) is 37.3 Å². The molecule has 0 radical (unpaired) electrons. The Morgan fingerprint density at radius 3 is 2.46 bits per heavy atom. The van der Waals surface area contributed by atoms with Crippen molar-refractivity contribution in [3.05, 3.63) is 47.5 Å². The van der Waals surface area contributed by atoms with Crippen LogP contribution in [-0.4, -0.2) is 22.6 Å². The van der Waals surface area contributed by atoms with Crippen LogP contribution in [0.15, 0.2) is 36.4 Å². The summed E-state index contributed by atoms with van der Waals surface area (Å²) in [5.41, 5.74) is 19.3. The maximum atomic E-state index is 6.70. The molecule has 0 aliphatic carbocycles. The third kappa shape index (κ3) is 2.87. The van der Waals surface area contributed by atoms with Crippen molar-refractivity contribution in [1.29, 1.82) is 0 Å². The predicted molar refractivity (Wildman–Crippen MR) is 110 cm³/mol. The highest BCUT2D eigenvalue weighted by Crippen LogP contribution is 2.38. The monoisotopic (exact) mass is 349 g/mol. The number of anilines is 3. The zero-order valence-electron chi connectivity index (χ0n) is 15.4. The zero-order chi connectivity index (χ0) is 18.1. The second kappa shape index (κ2) is 6.90. The Bertz CT molecular complexity index is 907. The van der Waals surface area contributed by atoms with Gasteiger partial charge in [-0.3, -0.25) is 0 Å². The lowest BCUT2D eigenvalue weighted by Gasteiger charge is -2.31. The molecule has 1 aromatic heterocycles. The van der Waals surface area contributed by atoms with Gasteiger partial charge >= 0.3 is 0 Å². The topological polar surface area (TPSA) is 73.1 Å². The van der Waals surface area contributed by atoms with Crippen molar-refractivity contribution >= 4 is 28.4 Å². The molecule has 0 atom stereocenters. The van der Waals surface area contributed by atoms with Crippen LogP contribution in [0.25, 0.3) is 11.0 Å². The summed E-state index contributed by atoms with van der Waals surface area (Å²) in [6.45, 7) is 4.97. The molecule has 2 aromatic carbocycles. The van der Waals surface area contributed by atoms with Gasteiger partial charge in [0.15, 0.2) is 0 Å². The molecule has 4 N–H and O–H groups in total. The summed E-state index contributed by atoms with van der Waals surface area (Å²) in [5, 5.41) is 0. The van der Waals surface area contributed by atoms with E-state index in [1.54, 1.807) is 0 Å². The highest BCUT2D eigenvalue weighted by atomic mass is 15.2. The number of nitrogens with zero attached hydrogens (tertiary/aromatic N) is 3. The van der Waals surface area contributed by atoms with Gasteiger partial charge in [-0.2, -0.15) is 0 Å². The third-order valence-corrected chi connectivity index (χ3v) is 5.40. The molecule has 3 aromatic rings. The van der Waals surface area contributed by atoms with E-state index in [-0.39, 0.29) is 0 Å². The van der Waals surface area contributed by atoms with Crippen LogP contribution >= 0.6 is 0 Å². The van der Waals surface area contributed by atoms with Gasteiger partial charge in [-0.25, -0.2) is 4.98 Å². The zero-order valence-corrected chi connectivity index (χ0v) is 15.4. The van der Waals surface area contributed by atoms with E-state index in [4.69, 9.17) is 11.5 Å². The van der Waals surface area contributed by atoms with E-state index in [1.165, 1.54) is 24.8 Å². The van der Waals surface area contributed by atoms with E-state index in [0.717, 1.165) is 54.0 Å². The molecule has 4 rings (SSSR count). The number of hydrogen-bond acceptors (Lipinski definition) is 4. The van der Waals surface area contributed by atoms with Crippen LogP contribution in [0, 0.1) is 0 Å². The summed E-state index contributed by atoms with van der Waals surface area (Å²) in [6.07, 6.45) is 4.51. The summed E-state index contributed by atoms with van der Waals surface area (Å²) in [6, 6.07) is 12.7. The third-order valence-electron chi connectivity index (χ3n) is 5.40. The predicted octanol–water partition coefficient (Wildman–Crippen LogP) is 3.80. The quantitative estimate of drug-likeness (QED) is 0.703. The SMILES string of the molecule is CCn1c(N)nc2c(N3CCCCC3)c(N)c(Cc3ccccc3)cc21. The number of benzene rings is 2. The van der Waals surface area contributed by atoms with Gasteiger partial charge in [0.05, 0.1) is 16.9 Å². The van der Waals surface area contributed by atoms with Crippen LogP contribution in [0.4, 0.5) is 17.3 Å². The van der Waals surface area contributed by atoms with Crippen LogP contribution in [-0.2, 0) is 13.0 Å². The number of nitrogens with two attached hydrogens (primary N) is 2. The first kappa shape index (κ1) is 16.8. The van der Waals surface area contributed by atoms with Gasteiger partial charge in [-0.15, -0.1) is 0 Å². The number of nitrogen functional groups attached to an aromatic ring is 2. The molecule has 1 fully saturated rings. The Morgan fingerprint density at radius 2 is 1.77 bits per heavy atom. The van der Waals surface area contributed by atoms with Crippen molar-refractivity contribution in [2.24, 2.45) is 0 Å². The Morgan fingerprint density at radius 1 is 1.04 bits per heavy atom. The minimum atomic E-state index is 0.567. The number of piperidine rings is 1. The number of aryl methyl sites for hydroxylation is 1. The Labute approximate surface area is 154 Å². The molecule has 5 nitrogen and oxygen atoms in total. The minimum absolute atomic E-state index is 0.567. The first-order valence-corrected chi connectivity index (χ1v) is 9.55. The maximum absolute atomic E-state index is 6.70. The van der Waals surface area contributed by atoms with Gasteiger partial charge in [-0.1, -0.05) is 30.3 Å². The summed E-state index contributed by atoms with van der Waals surface area (Å²) in [5.74, 6) is 0.567. The Hall–Kier alpha value is -2.69. The van der Waals surface area contributed by atoms with E-state index in [1.807, 2.05) is 6.07 Å². The van der Waals surface area contributed by atoms with Crippen LogP contribution in [0.5, 0.6) is 0 Å². The lowest BCUT2D eigenvalue weighted by molar-refractivity contribution is 0.579. The molecule has 1 aliphatic rings. The molecule has 0 spiro atoms. The van der Waals surface area contributed by atoms with Crippen molar-refractivity contribution in [2.45, 2.75) is 39.2 Å². The molecule has 136 valence electrons. The highest BCUT2D eigenvalue weighted by Gasteiger charge is 2.23. The van der Waals surface area contributed by atoms with Crippen molar-refractivity contribution in [2.75, 3.05) is 29.5 Å². The lowest BCUT2D eigenvalue weighted by atomic mass is 9.99. The highest BCUT2D eigenvalue weighted by molar-refractivity contribution is 5.99. The average Bonchev–Trinajstić information content (AvgIpc) is 2.98. The van der Waals surface area contributed by atoms with Crippen LogP contribution in [0.2, 0.25) is 0 Å². The van der Waals surface area contributed by atoms with E-state index in [2.05, 4.69) is 51.7 Å². The Balaban J connectivity index is 1.90. The van der Waals surface area contributed by atoms with Gasteiger partial charge in [0.1, 0.15) is 5.52 Å². The van der Waals surface area contributed by atoms with Gasteiger partial charge in [-0.05, 0) is 49.8 Å². The van der Waals surface area contributed by atoms with Gasteiger partial charge < -0.3 is 20.9 Å². The normalized spacial score (nSPS) is 14.9. The number of fused-ring (bicyclic) bond motifs is 1. The molecule has 0 saturated carbocycles. The smallest absolute Gasteiger partial charge is 0.201 e. The van der Waals surface area contributed by atoms with Gasteiger partial charge in [0.2, 0.25) is 5.95 Å². The fraction of sp³-hybridized carbons (Fsp3) is 0.381. The van der Waals surface area contributed by atoms with Crippen molar-refractivity contribution in [1.82, 2.24) is 9.55 Å². The Kier molecular flexibility index (Phi) is 4.45. The van der Waals surface area contributed by atoms with Crippen LogP contribution in [0.3, 0.4) is 0 Å². The van der Waals surface area contributed by atoms with Crippen molar-refractivity contribution in [3.8, 4) is 0 Å². The minimum Gasteiger partial charge on any atom is -0.397 e. The summed E-state index contributed by atoms with van der Waals surface area (Å²) < 4.78 is 2.08. The van der Waals surface area contributed by atoms with Crippen molar-refractivity contribution < 1.29 is 0 Å². The van der Waals surface area contributed by atoms with E-state index in [0.29, 0.717) is 5.95 Å². The first-order chi connectivity index (χ1) is 12.7. The van der Waals surface area contributed by atoms with Gasteiger partial charge in [0, 0.05) is 19.6 Å². The van der Waals surface area contributed by atoms with E-state index in [9.17, 15) is 0 Å². The van der Waals surface area contributed by atoms with E-state index >= 15 is 0 Å². The fourth-order valence-corrected chi connectivity index (χ4v) is 4.06. The summed E-state index contributed by atoms with van der Waals surface area (Å²) in [7, 11) is 0. The maximum Gasteiger partial charge on any atom is 0.201 e. The average molecular weight is 349 g/mol. The number of rotatable bonds is 4. The lowest BCUT2D eigenvalue weighted by Crippen LogP contribution is -2.30. The summed E-state index contributed by atoms with van der Waals surface area (Å²) >= 11 is 0. The van der Waals surface area contributed by atoms with Crippen LogP contribution < -0.4 is 16.4 Å². The standard InChI is InChI=1S/C21H27N5/c1-2-26-17-14-16(13-15-9-5-3-6-10-15)18(22)20(19(17)24-21(26)23)25-11-7-4-8-12-25/h3,5-6,9-10,14H,2,4,7-8,11-13,22H2,1H3,(H2,23,24). The summed E-state index contributed by atoms with van der Waals surface area (Å²) in [4.78, 5) is 7.09. The molecule has 0 bridgehead atoms. The second-order valence-electron chi connectivity index (χ2n) is 7.09.